The van der Waals surface area contributed by atoms with Crippen molar-refractivity contribution in [3.05, 3.63) is 41.6 Å². The number of phenols is 1. The van der Waals surface area contributed by atoms with Crippen LogP contribution in [0.1, 0.15) is 11.1 Å². The molecule has 0 radical (unpaired) electrons. The fourth-order valence-corrected chi connectivity index (χ4v) is 2.76. The Morgan fingerprint density at radius 1 is 1.22 bits per heavy atom. The molecule has 0 atom stereocenters. The number of H-pyrrole nitrogens is 1. The molecule has 0 aliphatic heterocycles. The van der Waals surface area contributed by atoms with Crippen molar-refractivity contribution in [3.63, 3.8) is 0 Å². The summed E-state index contributed by atoms with van der Waals surface area (Å²) in [5, 5.41) is 14.3. The van der Waals surface area contributed by atoms with Crippen LogP contribution in [0.5, 0.6) is 5.75 Å². The number of ether oxygens (including phenoxy) is 1. The molecule has 2 aromatic heterocycles. The van der Waals surface area contributed by atoms with Gasteiger partial charge >= 0.3 is 0 Å². The topological polar surface area (TPSA) is 70.2 Å². The highest BCUT2D eigenvalue weighted by Gasteiger charge is 2.11. The van der Waals surface area contributed by atoms with Gasteiger partial charge in [0.25, 0.3) is 0 Å². The van der Waals surface area contributed by atoms with E-state index in [4.69, 9.17) is 4.74 Å². The standard InChI is InChI=1S/C18H21N3O2/c1-11-8-13(9-12(2)17(11)22)15-10-16(19-6-7-23-3)21-18-14(15)4-5-20-18/h4-5,8-10,22H,6-7H2,1-3H3,(H2,19,20,21). The zero-order valence-corrected chi connectivity index (χ0v) is 13.6. The van der Waals surface area contributed by atoms with Gasteiger partial charge in [0.15, 0.2) is 0 Å². The first-order chi connectivity index (χ1) is 11.1. The van der Waals surface area contributed by atoms with E-state index in [9.17, 15) is 5.11 Å². The Balaban J connectivity index is 2.10. The van der Waals surface area contributed by atoms with Gasteiger partial charge in [-0.2, -0.15) is 0 Å². The number of phenolic OH excluding ortho intramolecular Hbond substituents is 1. The molecular weight excluding hydrogens is 290 g/mol. The molecule has 5 heteroatoms. The number of rotatable bonds is 5. The highest BCUT2D eigenvalue weighted by atomic mass is 16.5. The Bertz CT molecular complexity index is 816. The average molecular weight is 311 g/mol. The van der Waals surface area contributed by atoms with Crippen molar-refractivity contribution in [3.8, 4) is 16.9 Å². The van der Waals surface area contributed by atoms with Gasteiger partial charge in [-0.1, -0.05) is 0 Å². The molecule has 3 rings (SSSR count). The minimum absolute atomic E-state index is 0.353. The van der Waals surface area contributed by atoms with Crippen LogP contribution in [0.4, 0.5) is 5.82 Å². The SMILES string of the molecule is COCCNc1cc(-c2cc(C)c(O)c(C)c2)c2cc[nH]c2n1. The molecule has 0 saturated heterocycles. The molecule has 1 aromatic carbocycles. The van der Waals surface area contributed by atoms with Gasteiger partial charge in [0.2, 0.25) is 0 Å². The van der Waals surface area contributed by atoms with Gasteiger partial charge < -0.3 is 20.1 Å². The van der Waals surface area contributed by atoms with E-state index in [1.54, 1.807) is 7.11 Å². The predicted molar refractivity (Wildman–Crippen MR) is 93.0 cm³/mol. The summed E-state index contributed by atoms with van der Waals surface area (Å²) in [6.45, 7) is 5.15. The molecule has 0 fully saturated rings. The van der Waals surface area contributed by atoms with E-state index in [1.165, 1.54) is 0 Å². The number of fused-ring (bicyclic) bond motifs is 1. The molecule has 0 aliphatic carbocycles. The molecule has 0 saturated carbocycles. The summed E-state index contributed by atoms with van der Waals surface area (Å²) in [5.74, 6) is 1.15. The number of nitrogens with zero attached hydrogens (tertiary/aromatic N) is 1. The number of hydrogen-bond donors (Lipinski definition) is 3. The lowest BCUT2D eigenvalue weighted by atomic mass is 9.98. The number of aryl methyl sites for hydroxylation is 2. The van der Waals surface area contributed by atoms with Crippen LogP contribution in [0.25, 0.3) is 22.2 Å². The van der Waals surface area contributed by atoms with Crippen LogP contribution in [-0.2, 0) is 4.74 Å². The van der Waals surface area contributed by atoms with Crippen molar-refractivity contribution in [1.29, 1.82) is 0 Å². The second-order valence-electron chi connectivity index (χ2n) is 5.67. The Hall–Kier alpha value is -2.53. The number of aromatic hydroxyl groups is 1. The van der Waals surface area contributed by atoms with Crippen molar-refractivity contribution >= 4 is 16.9 Å². The third kappa shape index (κ3) is 3.00. The van der Waals surface area contributed by atoms with Crippen LogP contribution in [0.3, 0.4) is 0 Å². The molecule has 5 nitrogen and oxygen atoms in total. The van der Waals surface area contributed by atoms with E-state index in [1.807, 2.05) is 44.3 Å². The molecule has 0 bridgehead atoms. The third-order valence-corrected chi connectivity index (χ3v) is 3.94. The predicted octanol–water partition coefficient (Wildman–Crippen LogP) is 3.61. The van der Waals surface area contributed by atoms with Crippen LogP contribution in [-0.4, -0.2) is 35.3 Å². The minimum Gasteiger partial charge on any atom is -0.507 e. The monoisotopic (exact) mass is 311 g/mol. The van der Waals surface area contributed by atoms with Gasteiger partial charge in [0.05, 0.1) is 6.61 Å². The molecule has 3 N–H and O–H groups in total. The number of methoxy groups -OCH3 is 1. The molecule has 0 aliphatic rings. The Morgan fingerprint density at radius 2 is 1.96 bits per heavy atom. The largest absolute Gasteiger partial charge is 0.507 e. The lowest BCUT2D eigenvalue weighted by Crippen LogP contribution is -2.09. The second-order valence-corrected chi connectivity index (χ2v) is 5.67. The van der Waals surface area contributed by atoms with Crippen LogP contribution in [0.2, 0.25) is 0 Å². The highest BCUT2D eigenvalue weighted by molar-refractivity contribution is 5.95. The van der Waals surface area contributed by atoms with Crippen molar-refractivity contribution < 1.29 is 9.84 Å². The van der Waals surface area contributed by atoms with Crippen LogP contribution in [0.15, 0.2) is 30.5 Å². The number of hydrogen-bond acceptors (Lipinski definition) is 4. The summed E-state index contributed by atoms with van der Waals surface area (Å²) in [6.07, 6.45) is 1.89. The zero-order chi connectivity index (χ0) is 16.4. The van der Waals surface area contributed by atoms with Crippen molar-refractivity contribution in [2.24, 2.45) is 0 Å². The number of pyridine rings is 1. The maximum Gasteiger partial charge on any atom is 0.140 e. The number of aromatic nitrogens is 2. The van der Waals surface area contributed by atoms with E-state index in [0.29, 0.717) is 18.9 Å². The Labute approximate surface area is 135 Å². The van der Waals surface area contributed by atoms with E-state index < -0.39 is 0 Å². The molecule has 0 amide bonds. The van der Waals surface area contributed by atoms with Gasteiger partial charge in [0.1, 0.15) is 17.2 Å². The smallest absolute Gasteiger partial charge is 0.140 e. The first-order valence-corrected chi connectivity index (χ1v) is 7.61. The Kier molecular flexibility index (Phi) is 4.21. The fourth-order valence-electron chi connectivity index (χ4n) is 2.76. The van der Waals surface area contributed by atoms with E-state index in [2.05, 4.69) is 15.3 Å². The summed E-state index contributed by atoms with van der Waals surface area (Å²) in [4.78, 5) is 7.75. The van der Waals surface area contributed by atoms with Gasteiger partial charge in [-0.25, -0.2) is 4.98 Å². The summed E-state index contributed by atoms with van der Waals surface area (Å²) in [6, 6.07) is 8.07. The lowest BCUT2D eigenvalue weighted by molar-refractivity contribution is 0.210. The Morgan fingerprint density at radius 3 is 2.65 bits per heavy atom. The minimum atomic E-state index is 0.353. The van der Waals surface area contributed by atoms with Crippen molar-refractivity contribution in [2.45, 2.75) is 13.8 Å². The molecule has 3 aromatic rings. The lowest BCUT2D eigenvalue weighted by Gasteiger charge is -2.12. The summed E-state index contributed by atoms with van der Waals surface area (Å²) in [5.41, 5.74) is 4.73. The zero-order valence-electron chi connectivity index (χ0n) is 13.6. The van der Waals surface area contributed by atoms with E-state index >= 15 is 0 Å². The normalized spacial score (nSPS) is 11.1. The van der Waals surface area contributed by atoms with E-state index in [-0.39, 0.29) is 0 Å². The van der Waals surface area contributed by atoms with Gasteiger partial charge in [0, 0.05) is 25.2 Å². The first-order valence-electron chi connectivity index (χ1n) is 7.61. The average Bonchev–Trinajstić information content (AvgIpc) is 3.00. The van der Waals surface area contributed by atoms with Gasteiger partial charge in [-0.05, 0) is 60.4 Å². The molecule has 2 heterocycles. The quantitative estimate of drug-likeness (QED) is 0.630. The summed E-state index contributed by atoms with van der Waals surface area (Å²) >= 11 is 0. The molecule has 0 spiro atoms. The first kappa shape index (κ1) is 15.4. The third-order valence-electron chi connectivity index (χ3n) is 3.94. The molecular formula is C18H21N3O2. The van der Waals surface area contributed by atoms with Crippen molar-refractivity contribution in [2.75, 3.05) is 25.6 Å². The molecule has 120 valence electrons. The molecule has 23 heavy (non-hydrogen) atoms. The van der Waals surface area contributed by atoms with Gasteiger partial charge in [-0.15, -0.1) is 0 Å². The summed E-state index contributed by atoms with van der Waals surface area (Å²) < 4.78 is 5.07. The van der Waals surface area contributed by atoms with E-state index in [0.717, 1.165) is 39.1 Å². The fraction of sp³-hybridized carbons (Fsp3) is 0.278. The summed E-state index contributed by atoms with van der Waals surface area (Å²) in [7, 11) is 1.68. The maximum atomic E-state index is 10.0. The number of benzene rings is 1. The van der Waals surface area contributed by atoms with Crippen LogP contribution in [0, 0.1) is 13.8 Å². The number of anilines is 1. The van der Waals surface area contributed by atoms with Crippen molar-refractivity contribution in [1.82, 2.24) is 9.97 Å². The van der Waals surface area contributed by atoms with Gasteiger partial charge in [-0.3, -0.25) is 0 Å². The van der Waals surface area contributed by atoms with Crippen LogP contribution >= 0.6 is 0 Å². The maximum absolute atomic E-state index is 10.0. The second kappa shape index (κ2) is 6.30. The number of nitrogens with one attached hydrogen (secondary N) is 2. The molecule has 0 unspecified atom stereocenters. The van der Waals surface area contributed by atoms with Crippen LogP contribution < -0.4 is 5.32 Å². The highest BCUT2D eigenvalue weighted by Crippen LogP contribution is 2.34. The number of aromatic amines is 1.